The van der Waals surface area contributed by atoms with Gasteiger partial charge in [-0.3, -0.25) is 0 Å². The molecule has 122 valence electrons. The van der Waals surface area contributed by atoms with Crippen LogP contribution in [0, 0.1) is 0 Å². The van der Waals surface area contributed by atoms with Gasteiger partial charge in [0.1, 0.15) is 0 Å². The Bertz CT molecular complexity index is 823. The van der Waals surface area contributed by atoms with E-state index in [4.69, 9.17) is 4.42 Å². The molecule has 24 heavy (non-hydrogen) atoms. The standard InChI is InChI=1S/C18H16N2O3Se/c1-22-18(21)15-10-9-14(23-15)17(16-8-5-11-24-16)20-19-12-13-6-3-2-4-7-13/h2-11,19H,12H2,1H3/b20-17+. The van der Waals surface area contributed by atoms with Gasteiger partial charge in [0, 0.05) is 0 Å². The molecule has 2 aromatic heterocycles. The fraction of sp³-hybridized carbons (Fsp3) is 0.111. The van der Waals surface area contributed by atoms with Crippen LogP contribution in [-0.2, 0) is 11.3 Å². The van der Waals surface area contributed by atoms with Gasteiger partial charge in [0.15, 0.2) is 0 Å². The molecule has 0 unspecified atom stereocenters. The predicted molar refractivity (Wildman–Crippen MR) is 92.4 cm³/mol. The average Bonchev–Trinajstić information content (AvgIpc) is 3.31. The van der Waals surface area contributed by atoms with Crippen LogP contribution < -0.4 is 5.43 Å². The van der Waals surface area contributed by atoms with Crippen LogP contribution in [0.5, 0.6) is 0 Å². The third-order valence-corrected chi connectivity index (χ3v) is 5.14. The molecule has 0 saturated carbocycles. The molecule has 0 spiro atoms. The maximum absolute atomic E-state index is 11.6. The van der Waals surface area contributed by atoms with Crippen molar-refractivity contribution in [2.45, 2.75) is 6.54 Å². The van der Waals surface area contributed by atoms with Crippen molar-refractivity contribution in [2.24, 2.45) is 5.10 Å². The maximum atomic E-state index is 11.6. The van der Waals surface area contributed by atoms with Crippen molar-refractivity contribution in [1.29, 1.82) is 0 Å². The Balaban J connectivity index is 1.83. The van der Waals surface area contributed by atoms with Crippen LogP contribution in [0.2, 0.25) is 0 Å². The Kier molecular flexibility index (Phi) is 5.31. The zero-order valence-electron chi connectivity index (χ0n) is 13.1. The molecule has 5 nitrogen and oxygen atoms in total. The van der Waals surface area contributed by atoms with Gasteiger partial charge in [-0.2, -0.15) is 0 Å². The van der Waals surface area contributed by atoms with Crippen LogP contribution in [0.15, 0.2) is 69.1 Å². The van der Waals surface area contributed by atoms with Crippen molar-refractivity contribution < 1.29 is 13.9 Å². The Labute approximate surface area is 145 Å². The van der Waals surface area contributed by atoms with Crippen LogP contribution in [0.1, 0.15) is 26.3 Å². The fourth-order valence-corrected chi connectivity index (χ4v) is 3.63. The van der Waals surface area contributed by atoms with Crippen molar-refractivity contribution in [1.82, 2.24) is 5.43 Å². The number of rotatable bonds is 6. The Hall–Kier alpha value is -2.56. The average molecular weight is 387 g/mol. The number of hydrazone groups is 1. The molecule has 0 aliphatic carbocycles. The van der Waals surface area contributed by atoms with Crippen molar-refractivity contribution in [3.05, 3.63) is 81.1 Å². The van der Waals surface area contributed by atoms with Gasteiger partial charge >= 0.3 is 145 Å². The van der Waals surface area contributed by atoms with E-state index in [1.165, 1.54) is 7.11 Å². The van der Waals surface area contributed by atoms with Gasteiger partial charge in [0.05, 0.1) is 0 Å². The van der Waals surface area contributed by atoms with Gasteiger partial charge in [-0.05, 0) is 0 Å². The van der Waals surface area contributed by atoms with Crippen LogP contribution in [0.25, 0.3) is 0 Å². The predicted octanol–water partition coefficient (Wildman–Crippen LogP) is 2.67. The Morgan fingerprint density at radius 3 is 2.62 bits per heavy atom. The molecule has 0 aliphatic heterocycles. The molecule has 0 saturated heterocycles. The molecule has 0 radical (unpaired) electrons. The zero-order valence-corrected chi connectivity index (χ0v) is 14.8. The van der Waals surface area contributed by atoms with Crippen LogP contribution in [0.3, 0.4) is 0 Å². The number of furan rings is 1. The summed E-state index contributed by atoms with van der Waals surface area (Å²) in [6.45, 7) is 0.614. The number of ether oxygens (including phenoxy) is 1. The van der Waals surface area contributed by atoms with E-state index in [0.29, 0.717) is 18.0 Å². The van der Waals surface area contributed by atoms with E-state index in [0.717, 1.165) is 10.0 Å². The summed E-state index contributed by atoms with van der Waals surface area (Å²) in [5.41, 5.74) is 4.94. The number of benzene rings is 1. The van der Waals surface area contributed by atoms with E-state index in [1.54, 1.807) is 12.1 Å². The normalized spacial score (nSPS) is 11.3. The van der Waals surface area contributed by atoms with Crippen molar-refractivity contribution in [3.8, 4) is 0 Å². The summed E-state index contributed by atoms with van der Waals surface area (Å²) < 4.78 is 11.4. The quantitative estimate of drug-likeness (QED) is 0.306. The number of nitrogens with one attached hydrogen (secondary N) is 1. The molecule has 1 aromatic carbocycles. The second-order valence-electron chi connectivity index (χ2n) is 4.91. The zero-order chi connectivity index (χ0) is 16.8. The monoisotopic (exact) mass is 388 g/mol. The summed E-state index contributed by atoms with van der Waals surface area (Å²) >= 11 is 0.200. The first-order chi connectivity index (χ1) is 11.8. The fourth-order valence-electron chi connectivity index (χ4n) is 2.13. The van der Waals surface area contributed by atoms with Crippen molar-refractivity contribution in [3.63, 3.8) is 0 Å². The number of esters is 1. The molecular formula is C18H16N2O3Se. The van der Waals surface area contributed by atoms with Crippen LogP contribution >= 0.6 is 0 Å². The summed E-state index contributed by atoms with van der Waals surface area (Å²) in [5, 5.41) is 4.50. The first-order valence-corrected chi connectivity index (χ1v) is 9.19. The van der Waals surface area contributed by atoms with E-state index in [1.807, 2.05) is 42.5 Å². The summed E-state index contributed by atoms with van der Waals surface area (Å²) in [5.74, 6) is 0.219. The van der Waals surface area contributed by atoms with Gasteiger partial charge < -0.3 is 0 Å². The molecule has 0 bridgehead atoms. The van der Waals surface area contributed by atoms with E-state index >= 15 is 0 Å². The minimum absolute atomic E-state index is 0.169. The molecule has 0 amide bonds. The molecule has 6 heteroatoms. The van der Waals surface area contributed by atoms with E-state index in [2.05, 4.69) is 20.2 Å². The molecule has 3 aromatic rings. The van der Waals surface area contributed by atoms with Crippen LogP contribution in [-0.4, -0.2) is 33.3 Å². The van der Waals surface area contributed by atoms with Gasteiger partial charge in [-0.15, -0.1) is 0 Å². The van der Waals surface area contributed by atoms with Crippen molar-refractivity contribution in [2.75, 3.05) is 7.11 Å². The topological polar surface area (TPSA) is 63.8 Å². The molecule has 0 fully saturated rings. The molecule has 0 atom stereocenters. The van der Waals surface area contributed by atoms with E-state index in [9.17, 15) is 4.79 Å². The van der Waals surface area contributed by atoms with Crippen LogP contribution in [0.4, 0.5) is 0 Å². The second-order valence-corrected chi connectivity index (χ2v) is 6.90. The number of hydrogen-bond acceptors (Lipinski definition) is 5. The minimum atomic E-state index is -0.498. The molecular weight excluding hydrogens is 371 g/mol. The summed E-state index contributed by atoms with van der Waals surface area (Å²) in [6.07, 6.45) is 0. The number of carbonyl (C=O) groups excluding carboxylic acids is 1. The second kappa shape index (κ2) is 7.81. The molecule has 2 heterocycles. The molecule has 0 aliphatic rings. The SMILES string of the molecule is COC(=O)c1ccc(/C(=N\NCc2ccccc2)c2ccc[se]2)o1. The van der Waals surface area contributed by atoms with Gasteiger partial charge in [-0.25, -0.2) is 0 Å². The van der Waals surface area contributed by atoms with Crippen molar-refractivity contribution >= 4 is 26.2 Å². The number of methoxy groups -OCH3 is 1. The third-order valence-electron chi connectivity index (χ3n) is 3.30. The number of carbonyl (C=O) groups is 1. The van der Waals surface area contributed by atoms with Gasteiger partial charge in [-0.1, -0.05) is 0 Å². The summed E-state index contributed by atoms with van der Waals surface area (Å²) in [6, 6.07) is 17.4. The first-order valence-electron chi connectivity index (χ1n) is 7.35. The summed E-state index contributed by atoms with van der Waals surface area (Å²) in [4.78, 5) is 13.7. The Morgan fingerprint density at radius 1 is 1.12 bits per heavy atom. The van der Waals surface area contributed by atoms with Gasteiger partial charge in [0.2, 0.25) is 0 Å². The molecule has 3 rings (SSSR count). The van der Waals surface area contributed by atoms with E-state index < -0.39 is 5.97 Å². The Morgan fingerprint density at radius 2 is 1.92 bits per heavy atom. The third kappa shape index (κ3) is 3.85. The summed E-state index contributed by atoms with van der Waals surface area (Å²) in [7, 11) is 1.33. The number of nitrogens with zero attached hydrogens (tertiary/aromatic N) is 1. The molecule has 1 N–H and O–H groups in total. The van der Waals surface area contributed by atoms with E-state index in [-0.39, 0.29) is 20.3 Å². The number of hydrogen-bond donors (Lipinski definition) is 1. The van der Waals surface area contributed by atoms with Gasteiger partial charge in [0.25, 0.3) is 0 Å². The first kappa shape index (κ1) is 16.3.